The average molecular weight is 293 g/mol. The first-order valence-electron chi connectivity index (χ1n) is 6.85. The Labute approximate surface area is 122 Å². The number of aliphatic carboxylic acids is 1. The lowest BCUT2D eigenvalue weighted by Crippen LogP contribution is -2.40. The number of amides is 1. The summed E-state index contributed by atoms with van der Waals surface area (Å²) in [7, 11) is 0. The molecule has 2 N–H and O–H groups in total. The van der Waals surface area contributed by atoms with Gasteiger partial charge in [-0.2, -0.15) is 0 Å². The standard InChI is InChI=1S/C15H19NO3S/c1-2-12(13-8-5-9-20-13)16-14(17)10-6-3-4-7-11(10)15(18)19/h3-5,8-12H,2,6-7H2,1H3,(H,16,17)(H,18,19)/t10-,11+,12?/m1/s1. The van der Waals surface area contributed by atoms with Gasteiger partial charge in [-0.25, -0.2) is 0 Å². The van der Waals surface area contributed by atoms with E-state index in [2.05, 4.69) is 5.32 Å². The first-order valence-corrected chi connectivity index (χ1v) is 7.73. The monoisotopic (exact) mass is 293 g/mol. The molecule has 0 bridgehead atoms. The zero-order valence-electron chi connectivity index (χ0n) is 11.4. The molecule has 1 heterocycles. The Hall–Kier alpha value is -1.62. The third kappa shape index (κ3) is 3.28. The fraction of sp³-hybridized carbons (Fsp3) is 0.467. The molecule has 0 fully saturated rings. The summed E-state index contributed by atoms with van der Waals surface area (Å²) in [5.41, 5.74) is 0. The number of carboxylic acids is 1. The molecule has 1 amide bonds. The van der Waals surface area contributed by atoms with Crippen LogP contribution in [0.25, 0.3) is 0 Å². The van der Waals surface area contributed by atoms with E-state index in [0.29, 0.717) is 12.8 Å². The third-order valence-electron chi connectivity index (χ3n) is 3.70. The minimum absolute atomic E-state index is 0.0251. The predicted octanol–water partition coefficient (Wildman–Crippen LogP) is 2.98. The Bertz CT molecular complexity index is 495. The Balaban J connectivity index is 2.06. The minimum atomic E-state index is -0.890. The summed E-state index contributed by atoms with van der Waals surface area (Å²) in [6, 6.07) is 3.93. The van der Waals surface area contributed by atoms with Crippen LogP contribution >= 0.6 is 11.3 Å². The second-order valence-corrected chi connectivity index (χ2v) is 5.96. The van der Waals surface area contributed by atoms with Gasteiger partial charge < -0.3 is 10.4 Å². The lowest BCUT2D eigenvalue weighted by molar-refractivity contribution is -0.147. The molecule has 0 spiro atoms. The Morgan fingerprint density at radius 1 is 1.40 bits per heavy atom. The van der Waals surface area contributed by atoms with Gasteiger partial charge in [-0.1, -0.05) is 25.1 Å². The largest absolute Gasteiger partial charge is 0.481 e. The molecule has 5 heteroatoms. The van der Waals surface area contributed by atoms with E-state index in [1.54, 1.807) is 11.3 Å². The number of allylic oxidation sites excluding steroid dienone is 2. The summed E-state index contributed by atoms with van der Waals surface area (Å²) in [5.74, 6) is -2.12. The van der Waals surface area contributed by atoms with Crippen LogP contribution in [0.4, 0.5) is 0 Å². The molecule has 0 radical (unpaired) electrons. The molecule has 0 aromatic carbocycles. The van der Waals surface area contributed by atoms with Crippen molar-refractivity contribution in [1.82, 2.24) is 5.32 Å². The second kappa shape index (κ2) is 6.70. The molecule has 1 aromatic heterocycles. The number of carbonyl (C=O) groups excluding carboxylic acids is 1. The van der Waals surface area contributed by atoms with Crippen LogP contribution in [0.15, 0.2) is 29.7 Å². The molecule has 3 atom stereocenters. The smallest absolute Gasteiger partial charge is 0.307 e. The van der Waals surface area contributed by atoms with Gasteiger partial charge in [0.25, 0.3) is 0 Å². The molecule has 0 saturated carbocycles. The van der Waals surface area contributed by atoms with Crippen LogP contribution in [0.2, 0.25) is 0 Å². The van der Waals surface area contributed by atoms with Crippen molar-refractivity contribution in [2.24, 2.45) is 11.8 Å². The van der Waals surface area contributed by atoms with Crippen molar-refractivity contribution in [1.29, 1.82) is 0 Å². The van der Waals surface area contributed by atoms with E-state index in [-0.39, 0.29) is 11.9 Å². The van der Waals surface area contributed by atoms with E-state index in [0.717, 1.165) is 11.3 Å². The zero-order valence-corrected chi connectivity index (χ0v) is 12.2. The number of thiophene rings is 1. The maximum Gasteiger partial charge on any atom is 0.307 e. The van der Waals surface area contributed by atoms with Crippen LogP contribution in [0.3, 0.4) is 0 Å². The number of carboxylic acid groups (broad SMARTS) is 1. The van der Waals surface area contributed by atoms with Gasteiger partial charge in [-0.05, 0) is 30.7 Å². The van der Waals surface area contributed by atoms with Crippen molar-refractivity contribution in [3.8, 4) is 0 Å². The van der Waals surface area contributed by atoms with E-state index >= 15 is 0 Å². The van der Waals surface area contributed by atoms with E-state index in [1.807, 2.05) is 36.6 Å². The number of nitrogens with one attached hydrogen (secondary N) is 1. The number of hydrogen-bond donors (Lipinski definition) is 2. The average Bonchev–Trinajstić information content (AvgIpc) is 2.98. The lowest BCUT2D eigenvalue weighted by atomic mass is 9.82. The van der Waals surface area contributed by atoms with E-state index < -0.39 is 17.8 Å². The SMILES string of the molecule is CCC(NC(=O)[C@@H]1CC=CC[C@@H]1C(=O)O)c1cccs1. The maximum absolute atomic E-state index is 12.4. The van der Waals surface area contributed by atoms with Crippen molar-refractivity contribution >= 4 is 23.2 Å². The van der Waals surface area contributed by atoms with Crippen LogP contribution in [0, 0.1) is 11.8 Å². The van der Waals surface area contributed by atoms with Gasteiger partial charge in [0, 0.05) is 4.88 Å². The summed E-state index contributed by atoms with van der Waals surface area (Å²) in [5, 5.41) is 14.2. The van der Waals surface area contributed by atoms with Gasteiger partial charge in [0.1, 0.15) is 0 Å². The van der Waals surface area contributed by atoms with Gasteiger partial charge >= 0.3 is 5.97 Å². The number of rotatable bonds is 5. The molecule has 1 unspecified atom stereocenters. The van der Waals surface area contributed by atoms with E-state index in [1.165, 1.54) is 0 Å². The van der Waals surface area contributed by atoms with Crippen molar-refractivity contribution in [3.05, 3.63) is 34.5 Å². The highest BCUT2D eigenvalue weighted by Crippen LogP contribution is 2.28. The molecular formula is C15H19NO3S. The minimum Gasteiger partial charge on any atom is -0.481 e. The first kappa shape index (κ1) is 14.8. The van der Waals surface area contributed by atoms with Crippen LogP contribution in [-0.4, -0.2) is 17.0 Å². The summed E-state index contributed by atoms with van der Waals surface area (Å²) < 4.78 is 0. The zero-order chi connectivity index (χ0) is 14.5. The van der Waals surface area contributed by atoms with Gasteiger partial charge in [-0.15, -0.1) is 11.3 Å². The van der Waals surface area contributed by atoms with E-state index in [4.69, 9.17) is 0 Å². The van der Waals surface area contributed by atoms with Crippen molar-refractivity contribution in [3.63, 3.8) is 0 Å². The first-order chi connectivity index (χ1) is 9.63. The highest BCUT2D eigenvalue weighted by Gasteiger charge is 2.34. The second-order valence-electron chi connectivity index (χ2n) is 4.98. The summed E-state index contributed by atoms with van der Waals surface area (Å²) in [6.07, 6.45) is 5.48. The van der Waals surface area contributed by atoms with Gasteiger partial charge in [-0.3, -0.25) is 9.59 Å². The molecule has 1 aliphatic rings. The Morgan fingerprint density at radius 3 is 2.65 bits per heavy atom. The molecule has 0 aliphatic heterocycles. The maximum atomic E-state index is 12.4. The molecule has 1 aromatic rings. The van der Waals surface area contributed by atoms with Gasteiger partial charge in [0.2, 0.25) is 5.91 Å². The normalized spacial score (nSPS) is 23.2. The quantitative estimate of drug-likeness (QED) is 0.820. The summed E-state index contributed by atoms with van der Waals surface area (Å²) in [4.78, 5) is 24.7. The summed E-state index contributed by atoms with van der Waals surface area (Å²) in [6.45, 7) is 2.01. The Kier molecular flexibility index (Phi) is 4.95. The highest BCUT2D eigenvalue weighted by atomic mass is 32.1. The number of carbonyl (C=O) groups is 2. The van der Waals surface area contributed by atoms with Gasteiger partial charge in [0.15, 0.2) is 0 Å². The third-order valence-corrected chi connectivity index (χ3v) is 4.68. The van der Waals surface area contributed by atoms with Crippen molar-refractivity contribution in [2.45, 2.75) is 32.2 Å². The van der Waals surface area contributed by atoms with Crippen molar-refractivity contribution in [2.75, 3.05) is 0 Å². The van der Waals surface area contributed by atoms with Crippen LogP contribution in [0.1, 0.15) is 37.1 Å². The molecule has 4 nitrogen and oxygen atoms in total. The summed E-state index contributed by atoms with van der Waals surface area (Å²) >= 11 is 1.61. The molecule has 108 valence electrons. The molecule has 20 heavy (non-hydrogen) atoms. The fourth-order valence-corrected chi connectivity index (χ4v) is 3.38. The predicted molar refractivity (Wildman–Crippen MR) is 78.5 cm³/mol. The van der Waals surface area contributed by atoms with Crippen LogP contribution in [0.5, 0.6) is 0 Å². The molecule has 1 aliphatic carbocycles. The van der Waals surface area contributed by atoms with Crippen LogP contribution < -0.4 is 5.32 Å². The van der Waals surface area contributed by atoms with Gasteiger partial charge in [0.05, 0.1) is 17.9 Å². The number of hydrogen-bond acceptors (Lipinski definition) is 3. The fourth-order valence-electron chi connectivity index (χ4n) is 2.52. The van der Waals surface area contributed by atoms with Crippen molar-refractivity contribution < 1.29 is 14.7 Å². The topological polar surface area (TPSA) is 66.4 Å². The molecular weight excluding hydrogens is 274 g/mol. The molecule has 0 saturated heterocycles. The highest BCUT2D eigenvalue weighted by molar-refractivity contribution is 7.10. The van der Waals surface area contributed by atoms with Crippen LogP contribution in [-0.2, 0) is 9.59 Å². The molecule has 2 rings (SSSR count). The van der Waals surface area contributed by atoms with E-state index in [9.17, 15) is 14.7 Å². The Morgan fingerprint density at radius 2 is 2.10 bits per heavy atom. The lowest BCUT2D eigenvalue weighted by Gasteiger charge is -2.26.